The molecule has 0 aliphatic heterocycles. The van der Waals surface area contributed by atoms with Gasteiger partial charge in [0.1, 0.15) is 5.69 Å². The zero-order valence-electron chi connectivity index (χ0n) is 12.3. The van der Waals surface area contributed by atoms with Crippen LogP contribution in [0.4, 0.5) is 0 Å². The van der Waals surface area contributed by atoms with E-state index in [1.165, 1.54) is 0 Å². The number of hydrogen-bond donors (Lipinski definition) is 2. The molecule has 0 fully saturated rings. The number of fused-ring (bicyclic) bond motifs is 1. The summed E-state index contributed by atoms with van der Waals surface area (Å²) in [5, 5.41) is 13.2. The standard InChI is InChI=1S/C16H22N2O2/c1-4-12(10-19)17-16(20)15-11(3)13-8-6-7-9-14(13)18(15)5-2/h6-9,12,19H,4-5,10H2,1-3H3,(H,17,20). The van der Waals surface area contributed by atoms with Crippen molar-refractivity contribution in [1.29, 1.82) is 0 Å². The predicted molar refractivity (Wildman–Crippen MR) is 81.0 cm³/mol. The fourth-order valence-electron chi connectivity index (χ4n) is 2.63. The molecule has 108 valence electrons. The van der Waals surface area contributed by atoms with Crippen LogP contribution < -0.4 is 5.32 Å². The Morgan fingerprint density at radius 1 is 1.35 bits per heavy atom. The normalized spacial score (nSPS) is 12.6. The SMILES string of the molecule is CCC(CO)NC(=O)c1c(C)c2ccccc2n1CC. The third kappa shape index (κ3) is 2.43. The molecular weight excluding hydrogens is 252 g/mol. The highest BCUT2D eigenvalue weighted by molar-refractivity contribution is 6.01. The minimum Gasteiger partial charge on any atom is -0.394 e. The highest BCUT2D eigenvalue weighted by Crippen LogP contribution is 2.25. The number of aliphatic hydroxyl groups excluding tert-OH is 1. The molecule has 1 atom stereocenters. The van der Waals surface area contributed by atoms with Crippen molar-refractivity contribution in [2.75, 3.05) is 6.61 Å². The largest absolute Gasteiger partial charge is 0.394 e. The van der Waals surface area contributed by atoms with E-state index in [1.807, 2.05) is 49.6 Å². The molecule has 0 aliphatic rings. The number of hydrogen-bond acceptors (Lipinski definition) is 2. The molecule has 1 aromatic heterocycles. The van der Waals surface area contributed by atoms with Gasteiger partial charge in [0.2, 0.25) is 0 Å². The summed E-state index contributed by atoms with van der Waals surface area (Å²) in [7, 11) is 0. The Bertz CT molecular complexity index is 612. The van der Waals surface area contributed by atoms with Crippen molar-refractivity contribution in [3.05, 3.63) is 35.5 Å². The Kier molecular flexibility index (Phi) is 4.45. The molecular formula is C16H22N2O2. The van der Waals surface area contributed by atoms with E-state index in [0.717, 1.165) is 23.0 Å². The van der Waals surface area contributed by atoms with Crippen LogP contribution in [0.3, 0.4) is 0 Å². The summed E-state index contributed by atoms with van der Waals surface area (Å²) in [4.78, 5) is 12.5. The van der Waals surface area contributed by atoms with E-state index in [1.54, 1.807) is 0 Å². The Balaban J connectivity index is 2.48. The molecule has 1 unspecified atom stereocenters. The average molecular weight is 274 g/mol. The minimum atomic E-state index is -0.190. The molecule has 2 N–H and O–H groups in total. The predicted octanol–water partition coefficient (Wildman–Crippen LogP) is 2.47. The van der Waals surface area contributed by atoms with Gasteiger partial charge in [0, 0.05) is 17.4 Å². The molecule has 0 saturated heterocycles. The van der Waals surface area contributed by atoms with E-state index in [2.05, 4.69) is 5.32 Å². The van der Waals surface area contributed by atoms with Crippen molar-refractivity contribution in [2.45, 2.75) is 39.8 Å². The van der Waals surface area contributed by atoms with Crippen molar-refractivity contribution in [1.82, 2.24) is 9.88 Å². The summed E-state index contributed by atoms with van der Waals surface area (Å²) in [6.07, 6.45) is 0.716. The van der Waals surface area contributed by atoms with Crippen molar-refractivity contribution in [3.8, 4) is 0 Å². The lowest BCUT2D eigenvalue weighted by Gasteiger charge is -2.15. The average Bonchev–Trinajstić information content (AvgIpc) is 2.77. The van der Waals surface area contributed by atoms with Gasteiger partial charge in [-0.25, -0.2) is 0 Å². The first-order valence-electron chi connectivity index (χ1n) is 7.13. The van der Waals surface area contributed by atoms with E-state index in [9.17, 15) is 9.90 Å². The van der Waals surface area contributed by atoms with Crippen LogP contribution in [0.25, 0.3) is 10.9 Å². The van der Waals surface area contributed by atoms with E-state index < -0.39 is 0 Å². The lowest BCUT2D eigenvalue weighted by atomic mass is 10.1. The molecule has 4 heteroatoms. The molecule has 0 bridgehead atoms. The number of carbonyl (C=O) groups is 1. The second-order valence-electron chi connectivity index (χ2n) is 5.00. The Hall–Kier alpha value is -1.81. The number of rotatable bonds is 5. The van der Waals surface area contributed by atoms with E-state index in [-0.39, 0.29) is 18.6 Å². The van der Waals surface area contributed by atoms with E-state index in [0.29, 0.717) is 12.1 Å². The van der Waals surface area contributed by atoms with Crippen LogP contribution >= 0.6 is 0 Å². The summed E-state index contributed by atoms with van der Waals surface area (Å²) in [5.41, 5.74) is 2.77. The number of aryl methyl sites for hydroxylation is 2. The quantitative estimate of drug-likeness (QED) is 0.880. The van der Waals surface area contributed by atoms with Crippen molar-refractivity contribution >= 4 is 16.8 Å². The van der Waals surface area contributed by atoms with Crippen molar-refractivity contribution in [3.63, 3.8) is 0 Å². The van der Waals surface area contributed by atoms with Crippen LogP contribution in [0.2, 0.25) is 0 Å². The van der Waals surface area contributed by atoms with E-state index in [4.69, 9.17) is 0 Å². The molecule has 0 spiro atoms. The first-order chi connectivity index (χ1) is 9.63. The lowest BCUT2D eigenvalue weighted by molar-refractivity contribution is 0.0905. The number of aromatic nitrogens is 1. The smallest absolute Gasteiger partial charge is 0.268 e. The maximum Gasteiger partial charge on any atom is 0.268 e. The Labute approximate surface area is 119 Å². The van der Waals surface area contributed by atoms with Gasteiger partial charge in [0.15, 0.2) is 0 Å². The molecule has 0 saturated carbocycles. The van der Waals surface area contributed by atoms with Crippen LogP contribution in [0.5, 0.6) is 0 Å². The van der Waals surface area contributed by atoms with Crippen LogP contribution in [0.15, 0.2) is 24.3 Å². The van der Waals surface area contributed by atoms with Crippen LogP contribution in [-0.2, 0) is 6.54 Å². The van der Waals surface area contributed by atoms with Gasteiger partial charge < -0.3 is 15.0 Å². The number of carbonyl (C=O) groups excluding carboxylic acids is 1. The van der Waals surface area contributed by atoms with Gasteiger partial charge >= 0.3 is 0 Å². The monoisotopic (exact) mass is 274 g/mol. The molecule has 2 aromatic rings. The fourth-order valence-corrected chi connectivity index (χ4v) is 2.63. The van der Waals surface area contributed by atoms with Gasteiger partial charge in [0.05, 0.1) is 12.6 Å². The summed E-state index contributed by atoms with van der Waals surface area (Å²) >= 11 is 0. The van der Waals surface area contributed by atoms with Crippen LogP contribution in [0.1, 0.15) is 36.3 Å². The number of aliphatic hydroxyl groups is 1. The van der Waals surface area contributed by atoms with E-state index >= 15 is 0 Å². The molecule has 1 aromatic carbocycles. The van der Waals surface area contributed by atoms with Crippen molar-refractivity contribution < 1.29 is 9.90 Å². The van der Waals surface area contributed by atoms with Crippen molar-refractivity contribution in [2.24, 2.45) is 0 Å². The highest BCUT2D eigenvalue weighted by Gasteiger charge is 2.20. The highest BCUT2D eigenvalue weighted by atomic mass is 16.3. The first-order valence-corrected chi connectivity index (χ1v) is 7.13. The number of para-hydroxylation sites is 1. The molecule has 0 radical (unpaired) electrons. The number of nitrogens with zero attached hydrogens (tertiary/aromatic N) is 1. The Morgan fingerprint density at radius 2 is 2.05 bits per heavy atom. The summed E-state index contributed by atoms with van der Waals surface area (Å²) < 4.78 is 2.03. The van der Waals surface area contributed by atoms with Gasteiger partial charge in [-0.15, -0.1) is 0 Å². The second-order valence-corrected chi connectivity index (χ2v) is 5.00. The van der Waals surface area contributed by atoms with Crippen LogP contribution in [-0.4, -0.2) is 28.2 Å². The number of benzene rings is 1. The Morgan fingerprint density at radius 3 is 2.65 bits per heavy atom. The summed E-state index contributed by atoms with van der Waals surface area (Å²) in [6, 6.07) is 7.85. The summed E-state index contributed by atoms with van der Waals surface area (Å²) in [6.45, 7) is 6.67. The van der Waals surface area contributed by atoms with Gasteiger partial charge in [0.25, 0.3) is 5.91 Å². The number of amides is 1. The zero-order valence-corrected chi connectivity index (χ0v) is 12.3. The number of nitrogens with one attached hydrogen (secondary N) is 1. The first kappa shape index (κ1) is 14.6. The third-order valence-electron chi connectivity index (χ3n) is 3.80. The fraction of sp³-hybridized carbons (Fsp3) is 0.438. The molecule has 20 heavy (non-hydrogen) atoms. The molecule has 0 aliphatic carbocycles. The maximum absolute atomic E-state index is 12.5. The second kappa shape index (κ2) is 6.09. The van der Waals surface area contributed by atoms with Gasteiger partial charge in [-0.05, 0) is 31.9 Å². The molecule has 1 heterocycles. The summed E-state index contributed by atoms with van der Waals surface area (Å²) in [5.74, 6) is -0.110. The topological polar surface area (TPSA) is 54.3 Å². The molecule has 1 amide bonds. The van der Waals surface area contributed by atoms with Gasteiger partial charge in [-0.3, -0.25) is 4.79 Å². The lowest BCUT2D eigenvalue weighted by Crippen LogP contribution is -2.38. The zero-order chi connectivity index (χ0) is 14.7. The third-order valence-corrected chi connectivity index (χ3v) is 3.80. The molecule has 4 nitrogen and oxygen atoms in total. The van der Waals surface area contributed by atoms with Crippen LogP contribution in [0, 0.1) is 6.92 Å². The molecule has 2 rings (SSSR count). The van der Waals surface area contributed by atoms with Gasteiger partial charge in [-0.2, -0.15) is 0 Å². The maximum atomic E-state index is 12.5. The minimum absolute atomic E-state index is 0.0341. The van der Waals surface area contributed by atoms with Gasteiger partial charge in [-0.1, -0.05) is 25.1 Å².